The number of H-pyrrole nitrogens is 1. The number of carbonyl (C=O) groups is 1. The molecule has 0 aliphatic rings. The summed E-state index contributed by atoms with van der Waals surface area (Å²) in [6, 6.07) is 13.7. The van der Waals surface area contributed by atoms with Crippen molar-refractivity contribution < 1.29 is 4.79 Å². The van der Waals surface area contributed by atoms with Crippen molar-refractivity contribution in [3.63, 3.8) is 0 Å². The first-order chi connectivity index (χ1) is 11.0. The number of hydrogen-bond acceptors (Lipinski definition) is 3. The first-order valence-corrected chi connectivity index (χ1v) is 7.31. The molecular formula is C17H14ClN3O2. The molecule has 0 aliphatic carbocycles. The number of benzene rings is 2. The molecule has 0 saturated heterocycles. The Morgan fingerprint density at radius 3 is 2.48 bits per heavy atom. The Hall–Kier alpha value is -2.79. The highest BCUT2D eigenvalue weighted by molar-refractivity contribution is 6.30. The molecule has 6 heteroatoms. The number of hydrogen-bond donors (Lipinski definition) is 2. The standard InChI is InChI=1S/C17H14ClN3O2/c1-21(11-8-6-10(18)7-9-11)17(23)14-15(22)12-4-2-3-5-13(12)20-16(14)19/h2-9H,1H3,(H3,19,20,22). The van der Waals surface area contributed by atoms with Gasteiger partial charge in [0, 0.05) is 23.1 Å². The fraction of sp³-hybridized carbons (Fsp3) is 0.0588. The van der Waals surface area contributed by atoms with E-state index in [0.29, 0.717) is 21.6 Å². The average molecular weight is 328 g/mol. The van der Waals surface area contributed by atoms with E-state index in [4.69, 9.17) is 17.3 Å². The molecule has 1 amide bonds. The maximum absolute atomic E-state index is 12.7. The third-order valence-electron chi connectivity index (χ3n) is 3.67. The number of nitrogen functional groups attached to an aromatic ring is 1. The summed E-state index contributed by atoms with van der Waals surface area (Å²) in [6.45, 7) is 0. The summed E-state index contributed by atoms with van der Waals surface area (Å²) in [5.41, 5.74) is 6.66. The van der Waals surface area contributed by atoms with Gasteiger partial charge < -0.3 is 15.6 Å². The third kappa shape index (κ3) is 2.66. The summed E-state index contributed by atoms with van der Waals surface area (Å²) in [5, 5.41) is 0.993. The number of anilines is 2. The molecule has 116 valence electrons. The van der Waals surface area contributed by atoms with Crippen LogP contribution in [0.5, 0.6) is 0 Å². The summed E-state index contributed by atoms with van der Waals surface area (Å²) in [6.07, 6.45) is 0. The van der Waals surface area contributed by atoms with Gasteiger partial charge in [0.2, 0.25) is 5.43 Å². The van der Waals surface area contributed by atoms with Gasteiger partial charge in [-0.2, -0.15) is 0 Å². The number of carbonyl (C=O) groups excluding carboxylic acids is 1. The van der Waals surface area contributed by atoms with Gasteiger partial charge in [0.15, 0.2) is 0 Å². The largest absolute Gasteiger partial charge is 0.384 e. The lowest BCUT2D eigenvalue weighted by Gasteiger charge is -2.18. The first kappa shape index (κ1) is 15.1. The molecule has 3 aromatic rings. The summed E-state index contributed by atoms with van der Waals surface area (Å²) in [7, 11) is 1.58. The Labute approximate surface area is 137 Å². The third-order valence-corrected chi connectivity index (χ3v) is 3.92. The summed E-state index contributed by atoms with van der Waals surface area (Å²) in [5.74, 6) is -0.420. The molecule has 0 spiro atoms. The molecule has 0 aliphatic heterocycles. The Morgan fingerprint density at radius 2 is 1.78 bits per heavy atom. The van der Waals surface area contributed by atoms with Crippen LogP contribution in [-0.2, 0) is 0 Å². The van der Waals surface area contributed by atoms with Crippen LogP contribution in [0.2, 0.25) is 5.02 Å². The lowest BCUT2D eigenvalue weighted by atomic mass is 10.1. The number of amides is 1. The molecule has 0 saturated carbocycles. The number of nitrogens with zero attached hydrogens (tertiary/aromatic N) is 1. The molecule has 2 aromatic carbocycles. The highest BCUT2D eigenvalue weighted by Gasteiger charge is 2.21. The summed E-state index contributed by atoms with van der Waals surface area (Å²) >= 11 is 5.85. The zero-order chi connectivity index (χ0) is 16.6. The molecule has 23 heavy (non-hydrogen) atoms. The van der Waals surface area contributed by atoms with Gasteiger partial charge in [0.05, 0.1) is 5.52 Å². The number of pyridine rings is 1. The zero-order valence-corrected chi connectivity index (χ0v) is 13.1. The average Bonchev–Trinajstić information content (AvgIpc) is 2.54. The minimum atomic E-state index is -0.475. The minimum Gasteiger partial charge on any atom is -0.384 e. The van der Waals surface area contributed by atoms with Gasteiger partial charge in [-0.05, 0) is 36.4 Å². The number of fused-ring (bicyclic) bond motifs is 1. The number of rotatable bonds is 2. The van der Waals surface area contributed by atoms with Crippen molar-refractivity contribution in [1.29, 1.82) is 0 Å². The summed E-state index contributed by atoms with van der Waals surface area (Å²) in [4.78, 5) is 29.6. The molecule has 3 rings (SSSR count). The number of aromatic nitrogens is 1. The van der Waals surface area contributed by atoms with Gasteiger partial charge in [-0.1, -0.05) is 23.7 Å². The highest BCUT2D eigenvalue weighted by Crippen LogP contribution is 2.20. The summed E-state index contributed by atoms with van der Waals surface area (Å²) < 4.78 is 0. The predicted octanol–water partition coefficient (Wildman–Crippen LogP) is 3.04. The normalized spacial score (nSPS) is 10.7. The van der Waals surface area contributed by atoms with Crippen LogP contribution in [0.1, 0.15) is 10.4 Å². The van der Waals surface area contributed by atoms with Crippen LogP contribution in [0.15, 0.2) is 53.3 Å². The van der Waals surface area contributed by atoms with E-state index in [2.05, 4.69) is 4.98 Å². The molecule has 0 fully saturated rings. The van der Waals surface area contributed by atoms with Gasteiger partial charge >= 0.3 is 0 Å². The van der Waals surface area contributed by atoms with Crippen LogP contribution < -0.4 is 16.1 Å². The van der Waals surface area contributed by atoms with Gasteiger partial charge in [0.25, 0.3) is 5.91 Å². The van der Waals surface area contributed by atoms with E-state index >= 15 is 0 Å². The molecular weight excluding hydrogens is 314 g/mol. The lowest BCUT2D eigenvalue weighted by molar-refractivity contribution is 0.0993. The fourth-order valence-corrected chi connectivity index (χ4v) is 2.54. The lowest BCUT2D eigenvalue weighted by Crippen LogP contribution is -2.32. The Balaban J connectivity index is 2.10. The molecule has 0 radical (unpaired) electrons. The van der Waals surface area contributed by atoms with Gasteiger partial charge in [-0.3, -0.25) is 9.59 Å². The SMILES string of the molecule is CN(C(=O)c1c(N)[nH]c2ccccc2c1=O)c1ccc(Cl)cc1. The van der Waals surface area contributed by atoms with E-state index in [9.17, 15) is 9.59 Å². The molecule has 0 atom stereocenters. The number of aromatic amines is 1. The van der Waals surface area contributed by atoms with E-state index in [1.165, 1.54) is 4.90 Å². The number of nitrogens with one attached hydrogen (secondary N) is 1. The maximum Gasteiger partial charge on any atom is 0.265 e. The van der Waals surface area contributed by atoms with E-state index in [1.54, 1.807) is 55.6 Å². The van der Waals surface area contributed by atoms with Crippen LogP contribution in [0.3, 0.4) is 0 Å². The first-order valence-electron chi connectivity index (χ1n) is 6.93. The van der Waals surface area contributed by atoms with Crippen molar-refractivity contribution in [2.45, 2.75) is 0 Å². The van der Waals surface area contributed by atoms with Crippen molar-refractivity contribution in [2.75, 3.05) is 17.7 Å². The van der Waals surface area contributed by atoms with Crippen molar-refractivity contribution in [3.05, 3.63) is 69.3 Å². The highest BCUT2D eigenvalue weighted by atomic mass is 35.5. The Morgan fingerprint density at radius 1 is 1.13 bits per heavy atom. The van der Waals surface area contributed by atoms with Crippen molar-refractivity contribution in [1.82, 2.24) is 4.98 Å². The Kier molecular flexibility index (Phi) is 3.80. The number of halogens is 1. The van der Waals surface area contributed by atoms with Crippen molar-refractivity contribution in [2.24, 2.45) is 0 Å². The molecule has 1 aromatic heterocycles. The molecule has 5 nitrogen and oxygen atoms in total. The van der Waals surface area contributed by atoms with Crippen LogP contribution in [-0.4, -0.2) is 17.9 Å². The van der Waals surface area contributed by atoms with E-state index in [0.717, 1.165) is 0 Å². The molecule has 0 unspecified atom stereocenters. The smallest absolute Gasteiger partial charge is 0.265 e. The van der Waals surface area contributed by atoms with E-state index < -0.39 is 5.91 Å². The van der Waals surface area contributed by atoms with Crippen LogP contribution >= 0.6 is 11.6 Å². The second kappa shape index (κ2) is 5.78. The van der Waals surface area contributed by atoms with Crippen LogP contribution in [0, 0.1) is 0 Å². The molecule has 3 N–H and O–H groups in total. The van der Waals surface area contributed by atoms with Crippen LogP contribution in [0.25, 0.3) is 10.9 Å². The van der Waals surface area contributed by atoms with Crippen molar-refractivity contribution in [3.8, 4) is 0 Å². The zero-order valence-electron chi connectivity index (χ0n) is 12.3. The maximum atomic E-state index is 12.7. The van der Waals surface area contributed by atoms with Crippen molar-refractivity contribution >= 4 is 39.9 Å². The monoisotopic (exact) mass is 327 g/mol. The van der Waals surface area contributed by atoms with E-state index in [-0.39, 0.29) is 16.8 Å². The quantitative estimate of drug-likeness (QED) is 0.759. The van der Waals surface area contributed by atoms with E-state index in [1.807, 2.05) is 0 Å². The predicted molar refractivity (Wildman–Crippen MR) is 93.2 cm³/mol. The fourth-order valence-electron chi connectivity index (χ4n) is 2.42. The van der Waals surface area contributed by atoms with Gasteiger partial charge in [-0.15, -0.1) is 0 Å². The molecule has 1 heterocycles. The second-order valence-electron chi connectivity index (χ2n) is 5.13. The topological polar surface area (TPSA) is 79.2 Å². The van der Waals surface area contributed by atoms with Gasteiger partial charge in [-0.25, -0.2) is 0 Å². The number of para-hydroxylation sites is 1. The Bertz CT molecular complexity index is 948. The minimum absolute atomic E-state index is 0.0551. The van der Waals surface area contributed by atoms with Crippen LogP contribution in [0.4, 0.5) is 11.5 Å². The van der Waals surface area contributed by atoms with Gasteiger partial charge in [0.1, 0.15) is 11.4 Å². The molecule has 0 bridgehead atoms. The number of nitrogens with two attached hydrogens (primary N) is 1. The second-order valence-corrected chi connectivity index (χ2v) is 5.57.